The second kappa shape index (κ2) is 5.80. The Hall–Kier alpha value is -1.38. The highest BCUT2D eigenvalue weighted by atomic mass is 19.1. The second-order valence-electron chi connectivity index (χ2n) is 4.66. The van der Waals surface area contributed by atoms with E-state index in [0.29, 0.717) is 17.0 Å². The van der Waals surface area contributed by atoms with Crippen LogP contribution in [-0.4, -0.2) is 24.4 Å². The van der Waals surface area contributed by atoms with E-state index < -0.39 is 0 Å². The van der Waals surface area contributed by atoms with E-state index in [0.717, 1.165) is 13.0 Å². The summed E-state index contributed by atoms with van der Waals surface area (Å²) in [5.41, 5.74) is 1.06. The molecule has 1 unspecified atom stereocenters. The Bertz CT molecular complexity index is 403. The molecule has 1 aromatic rings. The smallest absolute Gasteiger partial charge is 0.253 e. The van der Waals surface area contributed by atoms with Crippen LogP contribution < -0.4 is 0 Å². The molecular weight excluding hydrogens is 217 g/mol. The van der Waals surface area contributed by atoms with Crippen molar-refractivity contribution in [1.29, 1.82) is 0 Å². The molecule has 0 heterocycles. The molecule has 17 heavy (non-hydrogen) atoms. The lowest BCUT2D eigenvalue weighted by molar-refractivity contribution is 0.0775. The number of aryl methyl sites for hydroxylation is 1. The lowest BCUT2D eigenvalue weighted by atomic mass is 10.1. The third kappa shape index (κ3) is 3.55. The van der Waals surface area contributed by atoms with Crippen LogP contribution in [0.3, 0.4) is 0 Å². The lowest BCUT2D eigenvalue weighted by Gasteiger charge is -2.21. The summed E-state index contributed by atoms with van der Waals surface area (Å²) < 4.78 is 13.1. The van der Waals surface area contributed by atoms with Gasteiger partial charge in [-0.1, -0.05) is 20.3 Å². The van der Waals surface area contributed by atoms with Gasteiger partial charge >= 0.3 is 0 Å². The SMILES string of the molecule is CCC(C)CN(C)C(=O)c1ccc(F)c(C)c1. The maximum absolute atomic E-state index is 13.1. The fourth-order valence-electron chi connectivity index (χ4n) is 1.68. The first-order valence-electron chi connectivity index (χ1n) is 5.97. The molecule has 1 amide bonds. The van der Waals surface area contributed by atoms with Crippen LogP contribution in [-0.2, 0) is 0 Å². The third-order valence-corrected chi connectivity index (χ3v) is 3.03. The molecule has 3 heteroatoms. The zero-order valence-corrected chi connectivity index (χ0v) is 11.0. The molecule has 0 radical (unpaired) electrons. The average Bonchev–Trinajstić information content (AvgIpc) is 2.31. The quantitative estimate of drug-likeness (QED) is 0.787. The normalized spacial score (nSPS) is 12.3. The average molecular weight is 237 g/mol. The number of carbonyl (C=O) groups is 1. The molecule has 0 aliphatic carbocycles. The molecule has 0 aromatic heterocycles. The van der Waals surface area contributed by atoms with Crippen molar-refractivity contribution >= 4 is 5.91 Å². The number of nitrogens with zero attached hydrogens (tertiary/aromatic N) is 1. The molecule has 0 N–H and O–H groups in total. The van der Waals surface area contributed by atoms with Gasteiger partial charge < -0.3 is 4.90 Å². The molecule has 0 fully saturated rings. The fraction of sp³-hybridized carbons (Fsp3) is 0.500. The maximum Gasteiger partial charge on any atom is 0.253 e. The predicted molar refractivity (Wildman–Crippen MR) is 67.6 cm³/mol. The highest BCUT2D eigenvalue weighted by Crippen LogP contribution is 2.12. The highest BCUT2D eigenvalue weighted by Gasteiger charge is 2.14. The molecular formula is C14H20FNO. The van der Waals surface area contributed by atoms with Crippen LogP contribution in [0, 0.1) is 18.7 Å². The number of rotatable bonds is 4. The van der Waals surface area contributed by atoms with Crippen molar-refractivity contribution in [2.45, 2.75) is 27.2 Å². The standard InChI is InChI=1S/C14H20FNO/c1-5-10(2)9-16(4)14(17)12-6-7-13(15)11(3)8-12/h6-8,10H,5,9H2,1-4H3. The molecule has 0 aliphatic rings. The zero-order valence-electron chi connectivity index (χ0n) is 11.0. The maximum atomic E-state index is 13.1. The number of hydrogen-bond donors (Lipinski definition) is 0. The van der Waals surface area contributed by atoms with Gasteiger partial charge in [-0.2, -0.15) is 0 Å². The van der Waals surface area contributed by atoms with Gasteiger partial charge in [0.1, 0.15) is 5.82 Å². The molecule has 0 saturated heterocycles. The summed E-state index contributed by atoms with van der Waals surface area (Å²) in [6, 6.07) is 4.49. The van der Waals surface area contributed by atoms with Gasteiger partial charge in [-0.05, 0) is 36.6 Å². The van der Waals surface area contributed by atoms with Crippen molar-refractivity contribution in [2.24, 2.45) is 5.92 Å². The van der Waals surface area contributed by atoms with E-state index in [1.165, 1.54) is 12.1 Å². The molecule has 0 spiro atoms. The van der Waals surface area contributed by atoms with Crippen LogP contribution >= 0.6 is 0 Å². The first-order chi connectivity index (χ1) is 7.95. The number of halogens is 1. The van der Waals surface area contributed by atoms with Gasteiger partial charge in [0.15, 0.2) is 0 Å². The Morgan fingerprint density at radius 3 is 2.65 bits per heavy atom. The second-order valence-corrected chi connectivity index (χ2v) is 4.66. The Kier molecular flexibility index (Phi) is 4.67. The van der Waals surface area contributed by atoms with E-state index in [-0.39, 0.29) is 11.7 Å². The summed E-state index contributed by atoms with van der Waals surface area (Å²) >= 11 is 0. The Labute approximate surface area is 102 Å². The van der Waals surface area contributed by atoms with Crippen LogP contribution in [0.2, 0.25) is 0 Å². The number of benzene rings is 1. The first kappa shape index (κ1) is 13.7. The number of hydrogen-bond acceptors (Lipinski definition) is 1. The summed E-state index contributed by atoms with van der Waals surface area (Å²) in [5.74, 6) is 0.157. The van der Waals surface area contributed by atoms with Crippen LogP contribution in [0.5, 0.6) is 0 Å². The molecule has 0 bridgehead atoms. The molecule has 0 saturated carbocycles. The van der Waals surface area contributed by atoms with Gasteiger partial charge in [0.05, 0.1) is 0 Å². The van der Waals surface area contributed by atoms with E-state index in [4.69, 9.17) is 0 Å². The Balaban J connectivity index is 2.78. The van der Waals surface area contributed by atoms with E-state index in [9.17, 15) is 9.18 Å². The lowest BCUT2D eigenvalue weighted by Crippen LogP contribution is -2.30. The van der Waals surface area contributed by atoms with E-state index in [2.05, 4.69) is 13.8 Å². The van der Waals surface area contributed by atoms with Gasteiger partial charge in [-0.25, -0.2) is 4.39 Å². The summed E-state index contributed by atoms with van der Waals surface area (Å²) in [7, 11) is 1.78. The van der Waals surface area contributed by atoms with Gasteiger partial charge in [-0.3, -0.25) is 4.79 Å². The molecule has 1 rings (SSSR count). The topological polar surface area (TPSA) is 20.3 Å². The van der Waals surface area contributed by atoms with Gasteiger partial charge in [-0.15, -0.1) is 0 Å². The van der Waals surface area contributed by atoms with Crippen molar-refractivity contribution < 1.29 is 9.18 Å². The predicted octanol–water partition coefficient (Wildman–Crippen LogP) is 3.25. The van der Waals surface area contributed by atoms with Gasteiger partial charge in [0.25, 0.3) is 5.91 Å². The third-order valence-electron chi connectivity index (χ3n) is 3.03. The monoisotopic (exact) mass is 237 g/mol. The van der Waals surface area contributed by atoms with Crippen molar-refractivity contribution in [3.63, 3.8) is 0 Å². The van der Waals surface area contributed by atoms with E-state index in [1.807, 2.05) is 0 Å². The van der Waals surface area contributed by atoms with E-state index in [1.54, 1.807) is 24.9 Å². The summed E-state index contributed by atoms with van der Waals surface area (Å²) in [6.07, 6.45) is 1.04. The van der Waals surface area contributed by atoms with Crippen LogP contribution in [0.1, 0.15) is 36.2 Å². The molecule has 2 nitrogen and oxygen atoms in total. The number of carbonyl (C=O) groups excluding carboxylic acids is 1. The highest BCUT2D eigenvalue weighted by molar-refractivity contribution is 5.94. The van der Waals surface area contributed by atoms with Crippen molar-refractivity contribution in [2.75, 3.05) is 13.6 Å². The number of amides is 1. The van der Waals surface area contributed by atoms with Gasteiger partial charge in [0, 0.05) is 19.2 Å². The molecule has 1 atom stereocenters. The first-order valence-corrected chi connectivity index (χ1v) is 5.97. The van der Waals surface area contributed by atoms with Crippen molar-refractivity contribution in [1.82, 2.24) is 4.90 Å². The fourth-order valence-corrected chi connectivity index (χ4v) is 1.68. The summed E-state index contributed by atoms with van der Waals surface area (Å²) in [5, 5.41) is 0. The van der Waals surface area contributed by atoms with Crippen LogP contribution in [0.25, 0.3) is 0 Å². The largest absolute Gasteiger partial charge is 0.341 e. The summed E-state index contributed by atoms with van der Waals surface area (Å²) in [6.45, 7) is 6.61. The molecule has 1 aromatic carbocycles. The van der Waals surface area contributed by atoms with Crippen molar-refractivity contribution in [3.8, 4) is 0 Å². The minimum Gasteiger partial charge on any atom is -0.341 e. The zero-order chi connectivity index (χ0) is 13.0. The van der Waals surface area contributed by atoms with Crippen molar-refractivity contribution in [3.05, 3.63) is 35.1 Å². The van der Waals surface area contributed by atoms with Crippen LogP contribution in [0.4, 0.5) is 4.39 Å². The minimum absolute atomic E-state index is 0.0478. The van der Waals surface area contributed by atoms with E-state index >= 15 is 0 Å². The van der Waals surface area contributed by atoms with Crippen LogP contribution in [0.15, 0.2) is 18.2 Å². The minimum atomic E-state index is -0.272. The Morgan fingerprint density at radius 2 is 2.12 bits per heavy atom. The summed E-state index contributed by atoms with van der Waals surface area (Å²) in [4.78, 5) is 13.8. The Morgan fingerprint density at radius 1 is 1.47 bits per heavy atom. The molecule has 94 valence electrons. The van der Waals surface area contributed by atoms with Gasteiger partial charge in [0.2, 0.25) is 0 Å². The molecule has 0 aliphatic heterocycles.